The topological polar surface area (TPSA) is 122 Å². The van der Waals surface area contributed by atoms with Gasteiger partial charge in [-0.2, -0.15) is 4.31 Å². The smallest absolute Gasteiger partial charge is 0.262 e. The summed E-state index contributed by atoms with van der Waals surface area (Å²) in [6.07, 6.45) is -0.844. The summed E-state index contributed by atoms with van der Waals surface area (Å²) in [5.41, 5.74) is 5.50. The molecular weight excluding hydrogens is 248 g/mol. The zero-order valence-electron chi connectivity index (χ0n) is 9.18. The Hall–Kier alpha value is -1.16. The number of aliphatic hydroxyl groups is 2. The molecule has 2 rings (SSSR count). The summed E-state index contributed by atoms with van der Waals surface area (Å²) < 4.78 is 26.7. The van der Waals surface area contributed by atoms with Gasteiger partial charge in [-0.25, -0.2) is 13.4 Å². The molecule has 0 aliphatic carbocycles. The first-order valence-electron chi connectivity index (χ1n) is 4.97. The van der Waals surface area contributed by atoms with E-state index in [0.717, 1.165) is 4.31 Å². The Morgan fingerprint density at radius 2 is 1.94 bits per heavy atom. The molecular formula is C8H14N4O4S. The molecule has 0 spiro atoms. The highest BCUT2D eigenvalue weighted by Crippen LogP contribution is 2.24. The lowest BCUT2D eigenvalue weighted by molar-refractivity contribution is 0.0572. The lowest BCUT2D eigenvalue weighted by Gasteiger charge is -2.15. The van der Waals surface area contributed by atoms with Crippen LogP contribution in [0.2, 0.25) is 0 Å². The minimum atomic E-state index is -3.83. The summed E-state index contributed by atoms with van der Waals surface area (Å²) in [7, 11) is -2.32. The van der Waals surface area contributed by atoms with Gasteiger partial charge >= 0.3 is 0 Å². The number of rotatable bonds is 2. The number of aliphatic hydroxyl groups excluding tert-OH is 2. The molecule has 1 saturated heterocycles. The molecule has 1 fully saturated rings. The van der Waals surface area contributed by atoms with Crippen LogP contribution in [0.15, 0.2) is 11.4 Å². The Balaban J connectivity index is 2.39. The van der Waals surface area contributed by atoms with E-state index in [1.54, 1.807) is 0 Å². The normalized spacial score (nSPS) is 26.5. The molecule has 0 aromatic carbocycles. The van der Waals surface area contributed by atoms with Crippen LogP contribution in [0.3, 0.4) is 0 Å². The fraction of sp³-hybridized carbons (Fsp3) is 0.625. The first-order valence-corrected chi connectivity index (χ1v) is 6.41. The van der Waals surface area contributed by atoms with E-state index in [1.165, 1.54) is 17.9 Å². The van der Waals surface area contributed by atoms with Crippen LogP contribution in [0, 0.1) is 0 Å². The molecule has 0 bridgehead atoms. The first kappa shape index (κ1) is 12.3. The summed E-state index contributed by atoms with van der Waals surface area (Å²) in [6.45, 7) is -0.289. The molecule has 9 heteroatoms. The molecule has 96 valence electrons. The summed E-state index contributed by atoms with van der Waals surface area (Å²) in [4.78, 5) is 3.70. The number of hydrogen-bond acceptors (Lipinski definition) is 6. The predicted octanol–water partition coefficient (Wildman–Crippen LogP) is -2.27. The Kier molecular flexibility index (Phi) is 2.86. The summed E-state index contributed by atoms with van der Waals surface area (Å²) >= 11 is 0. The van der Waals surface area contributed by atoms with Crippen LogP contribution < -0.4 is 5.73 Å². The highest BCUT2D eigenvalue weighted by molar-refractivity contribution is 7.89. The summed E-state index contributed by atoms with van der Waals surface area (Å²) in [5.74, 6) is -0.0941. The zero-order valence-corrected chi connectivity index (χ0v) is 10.0. The van der Waals surface area contributed by atoms with Gasteiger partial charge in [-0.15, -0.1) is 0 Å². The summed E-state index contributed by atoms with van der Waals surface area (Å²) in [6, 6.07) is 0. The maximum absolute atomic E-state index is 12.2. The van der Waals surface area contributed by atoms with Crippen molar-refractivity contribution in [1.82, 2.24) is 13.9 Å². The number of aromatic nitrogens is 2. The van der Waals surface area contributed by atoms with Crippen LogP contribution in [0.1, 0.15) is 0 Å². The molecule has 0 saturated carbocycles. The zero-order chi connectivity index (χ0) is 12.8. The number of nitrogen functional groups attached to an aromatic ring is 1. The molecule has 8 nitrogen and oxygen atoms in total. The van der Waals surface area contributed by atoms with Crippen molar-refractivity contribution in [3.05, 3.63) is 6.33 Å². The maximum Gasteiger partial charge on any atom is 0.262 e. The lowest BCUT2D eigenvalue weighted by Crippen LogP contribution is -2.31. The second kappa shape index (κ2) is 3.95. The van der Waals surface area contributed by atoms with E-state index in [-0.39, 0.29) is 23.9 Å². The Bertz CT molecular complexity index is 496. The third kappa shape index (κ3) is 1.90. The average molecular weight is 262 g/mol. The third-order valence-corrected chi connectivity index (χ3v) is 4.68. The van der Waals surface area contributed by atoms with Crippen LogP contribution in [0.4, 0.5) is 5.82 Å². The van der Waals surface area contributed by atoms with Gasteiger partial charge in [-0.05, 0) is 0 Å². The summed E-state index contributed by atoms with van der Waals surface area (Å²) in [5, 5.41) is 18.6. The lowest BCUT2D eigenvalue weighted by atomic mass is 10.3. The number of hydrogen-bond donors (Lipinski definition) is 3. The van der Waals surface area contributed by atoms with Gasteiger partial charge in [-0.3, -0.25) is 0 Å². The second-order valence-electron chi connectivity index (χ2n) is 4.00. The number of nitrogens with two attached hydrogens (primary N) is 1. The Morgan fingerprint density at radius 1 is 1.41 bits per heavy atom. The van der Waals surface area contributed by atoms with Gasteiger partial charge in [-0.1, -0.05) is 0 Å². The van der Waals surface area contributed by atoms with E-state index in [1.807, 2.05) is 0 Å². The van der Waals surface area contributed by atoms with Crippen LogP contribution in [-0.2, 0) is 17.1 Å². The number of nitrogens with zero attached hydrogens (tertiary/aromatic N) is 3. The monoisotopic (exact) mass is 262 g/mol. The van der Waals surface area contributed by atoms with E-state index in [2.05, 4.69) is 4.98 Å². The fourth-order valence-corrected chi connectivity index (χ4v) is 3.48. The number of β-amino-alcohol motifs (C(OH)–C–C–N with tert-alkyl or cyclic N) is 2. The minimum absolute atomic E-state index is 0.0941. The first-order chi connectivity index (χ1) is 7.84. The standard InChI is InChI=1S/C8H14N4O4S/c1-11-4-10-7(9)8(11)17(15,16)12-2-5(13)6(14)3-12/h4-6,13-14H,2-3,9H2,1H3. The van der Waals surface area contributed by atoms with Crippen molar-refractivity contribution in [3.8, 4) is 0 Å². The van der Waals surface area contributed by atoms with E-state index in [4.69, 9.17) is 5.73 Å². The second-order valence-corrected chi connectivity index (χ2v) is 5.86. The number of anilines is 1. The van der Waals surface area contributed by atoms with E-state index < -0.39 is 22.2 Å². The molecule has 2 heterocycles. The van der Waals surface area contributed by atoms with Crippen molar-refractivity contribution in [1.29, 1.82) is 0 Å². The highest BCUT2D eigenvalue weighted by Gasteiger charge is 2.39. The fourth-order valence-electron chi connectivity index (χ4n) is 1.80. The minimum Gasteiger partial charge on any atom is -0.389 e. The van der Waals surface area contributed by atoms with Gasteiger partial charge in [0.1, 0.15) is 0 Å². The van der Waals surface area contributed by atoms with Gasteiger partial charge in [0.05, 0.1) is 18.5 Å². The third-order valence-electron chi connectivity index (χ3n) is 2.72. The van der Waals surface area contributed by atoms with E-state index in [0.29, 0.717) is 0 Å². The quantitative estimate of drug-likeness (QED) is 0.552. The molecule has 2 unspecified atom stereocenters. The van der Waals surface area contributed by atoms with Crippen LogP contribution in [0.5, 0.6) is 0 Å². The van der Waals surface area contributed by atoms with Crippen molar-refractivity contribution in [2.75, 3.05) is 18.8 Å². The number of sulfonamides is 1. The van der Waals surface area contributed by atoms with Gasteiger partial charge in [0.2, 0.25) is 0 Å². The molecule has 1 aliphatic rings. The number of aryl methyl sites for hydroxylation is 1. The predicted molar refractivity (Wildman–Crippen MR) is 58.4 cm³/mol. The van der Waals surface area contributed by atoms with Crippen molar-refractivity contribution < 1.29 is 18.6 Å². The molecule has 1 aromatic rings. The largest absolute Gasteiger partial charge is 0.389 e. The highest BCUT2D eigenvalue weighted by atomic mass is 32.2. The Morgan fingerprint density at radius 3 is 2.35 bits per heavy atom. The Labute approximate surface area is 98.3 Å². The van der Waals surface area contributed by atoms with Crippen molar-refractivity contribution in [3.63, 3.8) is 0 Å². The SMILES string of the molecule is Cn1cnc(N)c1S(=O)(=O)N1CC(O)C(O)C1. The van der Waals surface area contributed by atoms with Crippen molar-refractivity contribution in [2.45, 2.75) is 17.2 Å². The molecule has 2 atom stereocenters. The van der Waals surface area contributed by atoms with E-state index in [9.17, 15) is 18.6 Å². The van der Waals surface area contributed by atoms with Gasteiger partial charge in [0, 0.05) is 20.1 Å². The maximum atomic E-state index is 12.2. The van der Waals surface area contributed by atoms with Crippen molar-refractivity contribution in [2.24, 2.45) is 7.05 Å². The van der Waals surface area contributed by atoms with Crippen molar-refractivity contribution >= 4 is 15.8 Å². The molecule has 0 amide bonds. The van der Waals surface area contributed by atoms with Gasteiger partial charge in [0.15, 0.2) is 10.8 Å². The van der Waals surface area contributed by atoms with E-state index >= 15 is 0 Å². The van der Waals surface area contributed by atoms with Crippen LogP contribution >= 0.6 is 0 Å². The van der Waals surface area contributed by atoms with Crippen LogP contribution in [0.25, 0.3) is 0 Å². The molecule has 17 heavy (non-hydrogen) atoms. The molecule has 1 aromatic heterocycles. The number of imidazole rings is 1. The molecule has 4 N–H and O–H groups in total. The van der Waals surface area contributed by atoms with Gasteiger partial charge in [0.25, 0.3) is 10.0 Å². The molecule has 0 radical (unpaired) electrons. The average Bonchev–Trinajstić information content (AvgIpc) is 2.72. The molecule has 1 aliphatic heterocycles. The van der Waals surface area contributed by atoms with Crippen LogP contribution in [-0.4, -0.2) is 57.8 Å². The van der Waals surface area contributed by atoms with Gasteiger partial charge < -0.3 is 20.5 Å².